The second-order valence-corrected chi connectivity index (χ2v) is 17.8. The van der Waals surface area contributed by atoms with Crippen LogP contribution in [0.4, 0.5) is 0 Å². The Hall–Kier alpha value is -2.71. The van der Waals surface area contributed by atoms with Gasteiger partial charge in [0.1, 0.15) is 6.61 Å². The lowest BCUT2D eigenvalue weighted by Gasteiger charge is -2.31. The van der Waals surface area contributed by atoms with E-state index < -0.39 is 18.1 Å². The summed E-state index contributed by atoms with van der Waals surface area (Å²) < 4.78 is 17.3. The van der Waals surface area contributed by atoms with Crippen LogP contribution >= 0.6 is 0 Å². The van der Waals surface area contributed by atoms with Gasteiger partial charge < -0.3 is 23.8 Å². The summed E-state index contributed by atoms with van der Waals surface area (Å²) in [5, 5.41) is 9.64. The maximum absolute atomic E-state index is 12.8. The summed E-state index contributed by atoms with van der Waals surface area (Å²) in [4.78, 5) is 37.1. The predicted molar refractivity (Wildman–Crippen MR) is 252 cm³/mol. The molecule has 0 radical (unpaired) electrons. The molecule has 60 heavy (non-hydrogen) atoms. The highest BCUT2D eigenvalue weighted by atomic mass is 16.6. The van der Waals surface area contributed by atoms with Gasteiger partial charge in [0, 0.05) is 19.3 Å². The van der Waals surface area contributed by atoms with Crippen LogP contribution in [0.1, 0.15) is 213 Å². The molecule has 8 heteroatoms. The summed E-state index contributed by atoms with van der Waals surface area (Å²) >= 11 is 0. The first kappa shape index (κ1) is 57.3. The number of unbranched alkanes of at least 4 members (excludes halogenated alkanes) is 25. The molecule has 0 bridgehead atoms. The molecule has 0 aliphatic rings. The Morgan fingerprint density at radius 1 is 0.500 bits per heavy atom. The maximum Gasteiger partial charge on any atom is 0.362 e. The highest BCUT2D eigenvalue weighted by Gasteiger charge is 2.31. The number of likely N-dealkylation sites (N-methyl/N-ethyl adjacent to an activating group) is 1. The van der Waals surface area contributed by atoms with Gasteiger partial charge in [-0.1, -0.05) is 204 Å². The molecule has 0 fully saturated rings. The van der Waals surface area contributed by atoms with Gasteiger partial charge in [0.05, 0.1) is 34.4 Å². The molecule has 0 rings (SSSR count). The smallest absolute Gasteiger partial charge is 0.362 e. The number of carboxylic acids is 1. The second kappa shape index (κ2) is 43.0. The van der Waals surface area contributed by atoms with Crippen LogP contribution in [0.15, 0.2) is 48.6 Å². The molecule has 0 heterocycles. The van der Waals surface area contributed by atoms with E-state index in [9.17, 15) is 19.5 Å². The quantitative estimate of drug-likeness (QED) is 0.0282. The number of allylic oxidation sites excluding steroid dienone is 8. The Morgan fingerprint density at radius 2 is 0.883 bits per heavy atom. The molecular weight excluding hydrogens is 751 g/mol. The molecule has 0 aromatic rings. The van der Waals surface area contributed by atoms with Crippen LogP contribution < -0.4 is 0 Å². The summed E-state index contributed by atoms with van der Waals surface area (Å²) in [6.45, 7) is 4.70. The van der Waals surface area contributed by atoms with E-state index in [4.69, 9.17) is 14.2 Å². The standard InChI is InChI=1S/C52H93NO7/c1-6-8-10-12-14-16-18-20-22-24-26-28-30-32-34-36-38-40-42-50(54)59-47-48(46-58-45-44-49(52(56)57)53(3,4)5)60-51(55)43-41-39-37-35-33-31-29-27-25-23-21-19-17-15-13-11-9-7-2/h14,16,18,20,22,24,26,28,48-49H,6-13,15,17,19,21,23,25,27,29-47H2,1-5H3/p+1/b16-14+,20-18+,24-22+,28-26+. The fourth-order valence-electron chi connectivity index (χ4n) is 7.22. The van der Waals surface area contributed by atoms with Gasteiger partial charge in [0.15, 0.2) is 12.1 Å². The Balaban J connectivity index is 4.31. The van der Waals surface area contributed by atoms with Gasteiger partial charge in [0.25, 0.3) is 0 Å². The minimum Gasteiger partial charge on any atom is -0.477 e. The normalized spacial score (nSPS) is 13.3. The second-order valence-electron chi connectivity index (χ2n) is 17.8. The van der Waals surface area contributed by atoms with Crippen LogP contribution in [0, 0.1) is 0 Å². The number of rotatable bonds is 44. The Morgan fingerprint density at radius 3 is 1.33 bits per heavy atom. The molecule has 1 N–H and O–H groups in total. The molecule has 0 aliphatic heterocycles. The summed E-state index contributed by atoms with van der Waals surface area (Å²) in [6, 6.07) is -0.618. The van der Waals surface area contributed by atoms with Crippen molar-refractivity contribution in [2.24, 2.45) is 0 Å². The van der Waals surface area contributed by atoms with Gasteiger partial charge in [-0.25, -0.2) is 4.79 Å². The highest BCUT2D eigenvalue weighted by Crippen LogP contribution is 2.16. The van der Waals surface area contributed by atoms with Crippen molar-refractivity contribution in [1.29, 1.82) is 0 Å². The third-order valence-electron chi connectivity index (χ3n) is 11.1. The summed E-state index contributed by atoms with van der Waals surface area (Å²) in [5.74, 6) is -1.49. The van der Waals surface area contributed by atoms with Crippen LogP contribution in [0.25, 0.3) is 0 Å². The molecule has 0 aromatic heterocycles. The molecule has 8 nitrogen and oxygen atoms in total. The average molecular weight is 845 g/mol. The number of esters is 2. The highest BCUT2D eigenvalue weighted by molar-refractivity contribution is 5.72. The molecule has 0 aromatic carbocycles. The fraction of sp³-hybridized carbons (Fsp3) is 0.788. The SMILES string of the molecule is CCCCC/C=C/C=C/C=C/C=C/CCCCCCCC(=O)OCC(COCCC(C(=O)O)[N+](C)(C)C)OC(=O)CCCCCCCCCCCCCCCCCCCC. The zero-order valence-electron chi connectivity index (χ0n) is 39.7. The minimum atomic E-state index is -0.878. The topological polar surface area (TPSA) is 99.1 Å². The van der Waals surface area contributed by atoms with Gasteiger partial charge in [-0.2, -0.15) is 0 Å². The number of nitrogens with zero attached hydrogens (tertiary/aromatic N) is 1. The van der Waals surface area contributed by atoms with Crippen molar-refractivity contribution in [3.05, 3.63) is 48.6 Å². The Kier molecular flexibility index (Phi) is 41.0. The molecule has 2 atom stereocenters. The number of hydrogen-bond acceptors (Lipinski definition) is 6. The van der Waals surface area contributed by atoms with Crippen LogP contribution in [-0.2, 0) is 28.6 Å². The van der Waals surface area contributed by atoms with Crippen molar-refractivity contribution in [3.8, 4) is 0 Å². The van der Waals surface area contributed by atoms with E-state index in [-0.39, 0.29) is 36.2 Å². The lowest BCUT2D eigenvalue weighted by molar-refractivity contribution is -0.887. The zero-order valence-corrected chi connectivity index (χ0v) is 39.7. The summed E-state index contributed by atoms with van der Waals surface area (Å²) in [5.41, 5.74) is 0. The molecule has 0 saturated carbocycles. The Bertz CT molecular complexity index is 1120. The molecule has 0 saturated heterocycles. The lowest BCUT2D eigenvalue weighted by atomic mass is 10.0. The third-order valence-corrected chi connectivity index (χ3v) is 11.1. The van der Waals surface area contributed by atoms with E-state index in [2.05, 4.69) is 62.5 Å². The monoisotopic (exact) mass is 845 g/mol. The van der Waals surface area contributed by atoms with Gasteiger partial charge in [0.2, 0.25) is 0 Å². The molecule has 2 unspecified atom stereocenters. The van der Waals surface area contributed by atoms with Crippen molar-refractivity contribution in [2.45, 2.75) is 225 Å². The van der Waals surface area contributed by atoms with E-state index >= 15 is 0 Å². The average Bonchev–Trinajstić information content (AvgIpc) is 3.21. The van der Waals surface area contributed by atoms with Crippen LogP contribution in [0.3, 0.4) is 0 Å². The maximum atomic E-state index is 12.8. The minimum absolute atomic E-state index is 0.0547. The van der Waals surface area contributed by atoms with Gasteiger partial charge in [-0.15, -0.1) is 0 Å². The number of ether oxygens (including phenoxy) is 3. The molecule has 0 spiro atoms. The van der Waals surface area contributed by atoms with Crippen LogP contribution in [0.2, 0.25) is 0 Å². The fourth-order valence-corrected chi connectivity index (χ4v) is 7.22. The number of aliphatic carboxylic acids is 1. The lowest BCUT2D eigenvalue weighted by Crippen LogP contribution is -2.50. The van der Waals surface area contributed by atoms with Gasteiger partial charge in [-0.05, 0) is 38.5 Å². The third kappa shape index (κ3) is 40.7. The van der Waals surface area contributed by atoms with Crippen molar-refractivity contribution in [2.75, 3.05) is 41.0 Å². The number of quaternary nitrogens is 1. The van der Waals surface area contributed by atoms with E-state index in [1.54, 1.807) is 0 Å². The van der Waals surface area contributed by atoms with Gasteiger partial charge >= 0.3 is 17.9 Å². The van der Waals surface area contributed by atoms with E-state index in [1.807, 2.05) is 21.1 Å². The first-order chi connectivity index (χ1) is 29.1. The molecule has 348 valence electrons. The van der Waals surface area contributed by atoms with Crippen LogP contribution in [0.5, 0.6) is 0 Å². The number of carbonyl (C=O) groups is 3. The number of carbonyl (C=O) groups excluding carboxylic acids is 2. The summed E-state index contributed by atoms with van der Waals surface area (Å²) in [7, 11) is 5.53. The molecule has 0 aliphatic carbocycles. The van der Waals surface area contributed by atoms with Crippen molar-refractivity contribution in [1.82, 2.24) is 0 Å². The van der Waals surface area contributed by atoms with Gasteiger partial charge in [-0.3, -0.25) is 9.59 Å². The molecule has 0 amide bonds. The molecular formula is C52H94NO7+. The van der Waals surface area contributed by atoms with Crippen molar-refractivity contribution >= 4 is 17.9 Å². The zero-order chi connectivity index (χ0) is 44.2. The summed E-state index contributed by atoms with van der Waals surface area (Å²) in [6.07, 6.45) is 51.5. The van der Waals surface area contributed by atoms with E-state index in [0.29, 0.717) is 19.3 Å². The van der Waals surface area contributed by atoms with E-state index in [1.165, 1.54) is 116 Å². The Labute approximate surface area is 369 Å². The van der Waals surface area contributed by atoms with Crippen LogP contribution in [-0.4, -0.2) is 80.6 Å². The van der Waals surface area contributed by atoms with E-state index in [0.717, 1.165) is 64.2 Å². The number of carboxylic acid groups (broad SMARTS) is 1. The number of hydrogen-bond donors (Lipinski definition) is 1. The largest absolute Gasteiger partial charge is 0.477 e. The van der Waals surface area contributed by atoms with Crippen molar-refractivity contribution < 1.29 is 38.2 Å². The predicted octanol–water partition coefficient (Wildman–Crippen LogP) is 14.0. The first-order valence-corrected chi connectivity index (χ1v) is 24.7. The first-order valence-electron chi connectivity index (χ1n) is 24.7. The van der Waals surface area contributed by atoms with Crippen molar-refractivity contribution in [3.63, 3.8) is 0 Å².